The summed E-state index contributed by atoms with van der Waals surface area (Å²) in [5, 5.41) is 14.7. The van der Waals surface area contributed by atoms with E-state index in [1.54, 1.807) is 4.90 Å². The molecule has 1 spiro atoms. The van der Waals surface area contributed by atoms with Crippen molar-refractivity contribution in [2.24, 2.45) is 5.41 Å². The first-order valence-electron chi connectivity index (χ1n) is 6.95. The predicted molar refractivity (Wildman–Crippen MR) is 85.8 cm³/mol. The average molecular weight is 346 g/mol. The van der Waals surface area contributed by atoms with Crippen LogP contribution in [-0.2, 0) is 0 Å². The molecule has 2 aliphatic rings. The number of nitro groups is 1. The third-order valence-electron chi connectivity index (χ3n) is 4.44. The SMILES string of the molecule is Cl.O=C(c1cc(Cl)ccc1[N+](=O)[O-])N1CCC2(CCNC2)C1. The number of likely N-dealkylation sites (tertiary alicyclic amines) is 1. The molecule has 0 radical (unpaired) electrons. The number of rotatable bonds is 2. The van der Waals surface area contributed by atoms with E-state index in [9.17, 15) is 14.9 Å². The van der Waals surface area contributed by atoms with Gasteiger partial charge < -0.3 is 10.2 Å². The largest absolute Gasteiger partial charge is 0.338 e. The molecule has 2 aliphatic heterocycles. The number of hydrogen-bond acceptors (Lipinski definition) is 4. The minimum atomic E-state index is -0.535. The second-order valence-electron chi connectivity index (χ2n) is 5.82. The fourth-order valence-electron chi connectivity index (χ4n) is 3.26. The second kappa shape index (κ2) is 6.40. The van der Waals surface area contributed by atoms with Gasteiger partial charge in [0, 0.05) is 36.1 Å². The lowest BCUT2D eigenvalue weighted by atomic mass is 9.86. The van der Waals surface area contributed by atoms with Crippen LogP contribution in [0.25, 0.3) is 0 Å². The lowest BCUT2D eigenvalue weighted by Crippen LogP contribution is -2.33. The zero-order chi connectivity index (χ0) is 15.0. The van der Waals surface area contributed by atoms with E-state index in [1.165, 1.54) is 18.2 Å². The van der Waals surface area contributed by atoms with Crippen molar-refractivity contribution in [2.75, 3.05) is 26.2 Å². The number of carbonyl (C=O) groups excluding carboxylic acids is 1. The number of benzene rings is 1. The zero-order valence-electron chi connectivity index (χ0n) is 11.9. The Morgan fingerprint density at radius 3 is 2.82 bits per heavy atom. The van der Waals surface area contributed by atoms with Crippen LogP contribution in [-0.4, -0.2) is 41.9 Å². The van der Waals surface area contributed by atoms with E-state index in [4.69, 9.17) is 11.6 Å². The Morgan fingerprint density at radius 2 is 2.18 bits per heavy atom. The molecule has 1 unspecified atom stereocenters. The molecule has 1 aromatic carbocycles. The van der Waals surface area contributed by atoms with Crippen molar-refractivity contribution in [1.82, 2.24) is 10.2 Å². The van der Waals surface area contributed by atoms with Gasteiger partial charge in [-0.25, -0.2) is 0 Å². The number of nitro benzene ring substituents is 1. The standard InChI is InChI=1S/C14H16ClN3O3.ClH/c15-10-1-2-12(18(20)21)11(7-10)13(19)17-6-4-14(9-17)3-5-16-8-14;/h1-2,7,16H,3-6,8-9H2;1H. The molecule has 1 aromatic rings. The van der Waals surface area contributed by atoms with Crippen LogP contribution in [0.1, 0.15) is 23.2 Å². The van der Waals surface area contributed by atoms with Crippen molar-refractivity contribution in [3.63, 3.8) is 0 Å². The number of nitrogens with one attached hydrogen (secondary N) is 1. The van der Waals surface area contributed by atoms with Crippen molar-refractivity contribution < 1.29 is 9.72 Å². The lowest BCUT2D eigenvalue weighted by Gasteiger charge is -2.22. The first-order chi connectivity index (χ1) is 10.0. The topological polar surface area (TPSA) is 75.5 Å². The van der Waals surface area contributed by atoms with E-state index >= 15 is 0 Å². The zero-order valence-corrected chi connectivity index (χ0v) is 13.5. The van der Waals surface area contributed by atoms with Gasteiger partial charge in [-0.2, -0.15) is 0 Å². The van der Waals surface area contributed by atoms with Crippen LogP contribution in [0.2, 0.25) is 5.02 Å². The van der Waals surface area contributed by atoms with E-state index in [1.807, 2.05) is 0 Å². The van der Waals surface area contributed by atoms with Crippen LogP contribution in [0.15, 0.2) is 18.2 Å². The summed E-state index contributed by atoms with van der Waals surface area (Å²) in [6.45, 7) is 3.18. The maximum Gasteiger partial charge on any atom is 0.282 e. The Morgan fingerprint density at radius 1 is 1.41 bits per heavy atom. The Hall–Kier alpha value is -1.37. The number of nitrogens with zero attached hydrogens (tertiary/aromatic N) is 2. The van der Waals surface area contributed by atoms with E-state index in [2.05, 4.69) is 5.32 Å². The summed E-state index contributed by atoms with van der Waals surface area (Å²) < 4.78 is 0. The normalized spacial score (nSPS) is 23.6. The Bertz CT molecular complexity index is 603. The smallest absolute Gasteiger partial charge is 0.282 e. The Kier molecular flexibility index (Phi) is 4.94. The highest BCUT2D eigenvalue weighted by Gasteiger charge is 2.42. The highest BCUT2D eigenvalue weighted by molar-refractivity contribution is 6.31. The van der Waals surface area contributed by atoms with Gasteiger partial charge in [0.15, 0.2) is 0 Å². The van der Waals surface area contributed by atoms with Crippen LogP contribution < -0.4 is 5.32 Å². The predicted octanol–water partition coefficient (Wildman–Crippen LogP) is 2.50. The molecule has 1 N–H and O–H groups in total. The first kappa shape index (κ1) is 17.0. The van der Waals surface area contributed by atoms with Crippen molar-refractivity contribution in [3.8, 4) is 0 Å². The van der Waals surface area contributed by atoms with E-state index in [0.717, 1.165) is 25.9 Å². The molecule has 2 fully saturated rings. The van der Waals surface area contributed by atoms with Gasteiger partial charge in [-0.05, 0) is 31.5 Å². The van der Waals surface area contributed by atoms with Gasteiger partial charge in [0.05, 0.1) is 4.92 Å². The highest BCUT2D eigenvalue weighted by Crippen LogP contribution is 2.37. The molecule has 8 heteroatoms. The number of halogens is 2. The average Bonchev–Trinajstić information content (AvgIpc) is 3.08. The maximum absolute atomic E-state index is 12.6. The molecule has 0 aliphatic carbocycles. The van der Waals surface area contributed by atoms with Gasteiger partial charge in [-0.1, -0.05) is 11.6 Å². The summed E-state index contributed by atoms with van der Waals surface area (Å²) >= 11 is 5.89. The van der Waals surface area contributed by atoms with Crippen molar-refractivity contribution in [3.05, 3.63) is 38.9 Å². The summed E-state index contributed by atoms with van der Waals surface area (Å²) in [5.41, 5.74) is 0.0358. The third kappa shape index (κ3) is 3.04. The van der Waals surface area contributed by atoms with Crippen molar-refractivity contribution in [1.29, 1.82) is 0 Å². The van der Waals surface area contributed by atoms with E-state index in [-0.39, 0.29) is 35.0 Å². The fourth-order valence-corrected chi connectivity index (χ4v) is 3.43. The summed E-state index contributed by atoms with van der Waals surface area (Å²) in [7, 11) is 0. The van der Waals surface area contributed by atoms with Crippen molar-refractivity contribution in [2.45, 2.75) is 12.8 Å². The maximum atomic E-state index is 12.6. The fraction of sp³-hybridized carbons (Fsp3) is 0.500. The Balaban J connectivity index is 0.00000176. The molecule has 22 heavy (non-hydrogen) atoms. The highest BCUT2D eigenvalue weighted by atomic mass is 35.5. The number of carbonyl (C=O) groups is 1. The molecule has 120 valence electrons. The third-order valence-corrected chi connectivity index (χ3v) is 4.68. The molecule has 1 amide bonds. The summed E-state index contributed by atoms with van der Waals surface area (Å²) in [6, 6.07) is 4.11. The molecule has 2 saturated heterocycles. The summed E-state index contributed by atoms with van der Waals surface area (Å²) in [6.07, 6.45) is 1.99. The minimum Gasteiger partial charge on any atom is -0.338 e. The summed E-state index contributed by atoms with van der Waals surface area (Å²) in [4.78, 5) is 24.9. The van der Waals surface area contributed by atoms with Crippen LogP contribution in [0, 0.1) is 15.5 Å². The molecular formula is C14H17Cl2N3O3. The second-order valence-corrected chi connectivity index (χ2v) is 6.26. The lowest BCUT2D eigenvalue weighted by molar-refractivity contribution is -0.385. The van der Waals surface area contributed by atoms with Crippen LogP contribution in [0.4, 0.5) is 5.69 Å². The molecule has 0 bridgehead atoms. The van der Waals surface area contributed by atoms with Gasteiger partial charge in [0.1, 0.15) is 5.56 Å². The molecular weight excluding hydrogens is 329 g/mol. The molecule has 1 atom stereocenters. The first-order valence-corrected chi connectivity index (χ1v) is 7.33. The monoisotopic (exact) mass is 345 g/mol. The van der Waals surface area contributed by atoms with E-state index < -0.39 is 4.92 Å². The van der Waals surface area contributed by atoms with Crippen LogP contribution in [0.5, 0.6) is 0 Å². The van der Waals surface area contributed by atoms with Crippen LogP contribution in [0.3, 0.4) is 0 Å². The van der Waals surface area contributed by atoms with Gasteiger partial charge in [0.2, 0.25) is 0 Å². The molecule has 0 saturated carbocycles. The number of hydrogen-bond donors (Lipinski definition) is 1. The number of amides is 1. The van der Waals surface area contributed by atoms with Crippen molar-refractivity contribution >= 4 is 35.6 Å². The van der Waals surface area contributed by atoms with Gasteiger partial charge >= 0.3 is 0 Å². The van der Waals surface area contributed by atoms with Crippen LogP contribution >= 0.6 is 24.0 Å². The van der Waals surface area contributed by atoms with E-state index in [0.29, 0.717) is 18.1 Å². The van der Waals surface area contributed by atoms with Gasteiger partial charge in [0.25, 0.3) is 11.6 Å². The van der Waals surface area contributed by atoms with Gasteiger partial charge in [-0.3, -0.25) is 14.9 Å². The molecule has 3 rings (SSSR count). The minimum absolute atomic E-state index is 0. The van der Waals surface area contributed by atoms with Gasteiger partial charge in [-0.15, -0.1) is 12.4 Å². The molecule has 2 heterocycles. The Labute approximate surface area is 139 Å². The molecule has 6 nitrogen and oxygen atoms in total. The quantitative estimate of drug-likeness (QED) is 0.659. The molecule has 0 aromatic heterocycles. The summed E-state index contributed by atoms with van der Waals surface area (Å²) in [5.74, 6) is -0.298.